The molecule has 17 heavy (non-hydrogen) atoms. The Kier molecular flexibility index (Phi) is 3.84. The molecule has 1 rings (SSSR count). The highest BCUT2D eigenvalue weighted by atomic mass is 35.5. The van der Waals surface area contributed by atoms with Gasteiger partial charge in [0.1, 0.15) is 5.75 Å². The molecule has 2 nitrogen and oxygen atoms in total. The number of hydrogen-bond donors (Lipinski definition) is 1. The van der Waals surface area contributed by atoms with Gasteiger partial charge in [-0.1, -0.05) is 32.4 Å². The first-order chi connectivity index (χ1) is 7.54. The van der Waals surface area contributed by atoms with Crippen LogP contribution in [0.15, 0.2) is 12.1 Å². The minimum Gasteiger partial charge on any atom is -0.542 e. The molecule has 0 radical (unpaired) electrons. The molecule has 0 spiro atoms. The smallest absolute Gasteiger partial charge is 0.250 e. The van der Waals surface area contributed by atoms with Crippen LogP contribution in [-0.4, -0.2) is 8.32 Å². The first kappa shape index (κ1) is 14.4. The summed E-state index contributed by atoms with van der Waals surface area (Å²) in [7, 11) is -1.84. The SMILES string of the molecule is Cc1cc(O[Si](C)(C)C(C)(C)C)c(Cl)cc1N. The van der Waals surface area contributed by atoms with Crippen LogP contribution in [0.1, 0.15) is 26.3 Å². The largest absolute Gasteiger partial charge is 0.542 e. The van der Waals surface area contributed by atoms with Crippen molar-refractivity contribution in [2.75, 3.05) is 5.73 Å². The number of rotatable bonds is 2. The molecule has 0 amide bonds. The normalized spacial score (nSPS) is 12.6. The Morgan fingerprint density at radius 1 is 1.24 bits per heavy atom. The molecular formula is C13H22ClNOSi. The highest BCUT2D eigenvalue weighted by Gasteiger charge is 2.39. The maximum absolute atomic E-state index is 6.18. The van der Waals surface area contributed by atoms with Gasteiger partial charge in [-0.05, 0) is 42.8 Å². The van der Waals surface area contributed by atoms with E-state index in [9.17, 15) is 0 Å². The molecule has 0 heterocycles. The van der Waals surface area contributed by atoms with Gasteiger partial charge in [0, 0.05) is 5.69 Å². The van der Waals surface area contributed by atoms with Gasteiger partial charge in [0.2, 0.25) is 0 Å². The summed E-state index contributed by atoms with van der Waals surface area (Å²) in [5, 5.41) is 0.754. The molecule has 0 saturated heterocycles. The first-order valence-electron chi connectivity index (χ1n) is 5.79. The highest BCUT2D eigenvalue weighted by molar-refractivity contribution is 6.74. The van der Waals surface area contributed by atoms with Gasteiger partial charge in [0.25, 0.3) is 8.32 Å². The van der Waals surface area contributed by atoms with Gasteiger partial charge < -0.3 is 10.2 Å². The van der Waals surface area contributed by atoms with E-state index in [-0.39, 0.29) is 5.04 Å². The second kappa shape index (κ2) is 4.54. The maximum atomic E-state index is 6.18. The number of halogens is 1. The number of aryl methyl sites for hydroxylation is 1. The van der Waals surface area contributed by atoms with Gasteiger partial charge >= 0.3 is 0 Å². The summed E-state index contributed by atoms with van der Waals surface area (Å²) >= 11 is 6.17. The van der Waals surface area contributed by atoms with Crippen LogP contribution in [0.3, 0.4) is 0 Å². The van der Waals surface area contributed by atoms with E-state index in [1.165, 1.54) is 0 Å². The van der Waals surface area contributed by atoms with Crippen molar-refractivity contribution in [3.63, 3.8) is 0 Å². The molecule has 4 heteroatoms. The topological polar surface area (TPSA) is 35.2 Å². The molecule has 0 aromatic heterocycles. The highest BCUT2D eigenvalue weighted by Crippen LogP contribution is 2.40. The van der Waals surface area contributed by atoms with Gasteiger partial charge in [-0.3, -0.25) is 0 Å². The Hall–Kier alpha value is -0.673. The Labute approximate surface area is 110 Å². The fourth-order valence-electron chi connectivity index (χ4n) is 1.18. The van der Waals surface area contributed by atoms with Crippen molar-refractivity contribution in [2.45, 2.75) is 45.8 Å². The Morgan fingerprint density at radius 2 is 1.76 bits per heavy atom. The Bertz CT molecular complexity index is 424. The number of nitrogen functional groups attached to an aromatic ring is 1. The average molecular weight is 272 g/mol. The lowest BCUT2D eigenvalue weighted by Gasteiger charge is -2.36. The quantitative estimate of drug-likeness (QED) is 0.629. The first-order valence-corrected chi connectivity index (χ1v) is 9.08. The fourth-order valence-corrected chi connectivity index (χ4v) is 2.48. The van der Waals surface area contributed by atoms with Crippen molar-refractivity contribution in [1.29, 1.82) is 0 Å². The van der Waals surface area contributed by atoms with Crippen LogP contribution in [0.25, 0.3) is 0 Å². The van der Waals surface area contributed by atoms with E-state index in [1.54, 1.807) is 6.07 Å². The zero-order valence-corrected chi connectivity index (χ0v) is 13.3. The van der Waals surface area contributed by atoms with Gasteiger partial charge in [-0.25, -0.2) is 0 Å². The van der Waals surface area contributed by atoms with Gasteiger partial charge in [0.05, 0.1) is 5.02 Å². The molecule has 0 atom stereocenters. The minimum atomic E-state index is -1.84. The fraction of sp³-hybridized carbons (Fsp3) is 0.538. The molecule has 0 bridgehead atoms. The van der Waals surface area contributed by atoms with E-state index in [0.717, 1.165) is 11.3 Å². The standard InChI is InChI=1S/C13H22ClNOSi/c1-9-7-12(10(14)8-11(9)15)16-17(5,6)13(2,3)4/h7-8H,15H2,1-6H3. The van der Waals surface area contributed by atoms with Gasteiger partial charge in [0.15, 0.2) is 0 Å². The second-order valence-corrected chi connectivity index (χ2v) is 11.1. The summed E-state index contributed by atoms with van der Waals surface area (Å²) in [5.74, 6) is 0.755. The number of nitrogens with two attached hydrogens (primary N) is 1. The maximum Gasteiger partial charge on any atom is 0.250 e. The van der Waals surface area contributed by atoms with Gasteiger partial charge in [-0.2, -0.15) is 0 Å². The Morgan fingerprint density at radius 3 is 2.24 bits per heavy atom. The molecule has 0 saturated carbocycles. The van der Waals surface area contributed by atoms with E-state index in [4.69, 9.17) is 21.8 Å². The van der Waals surface area contributed by atoms with Crippen LogP contribution in [0.5, 0.6) is 5.75 Å². The summed E-state index contributed by atoms with van der Waals surface area (Å²) in [6.45, 7) is 13.0. The van der Waals surface area contributed by atoms with Crippen LogP contribution in [0, 0.1) is 6.92 Å². The third-order valence-electron chi connectivity index (χ3n) is 3.49. The summed E-state index contributed by atoms with van der Waals surface area (Å²) < 4.78 is 6.18. The lowest BCUT2D eigenvalue weighted by molar-refractivity contribution is 0.492. The molecule has 1 aromatic rings. The zero-order chi connectivity index (χ0) is 13.4. The van der Waals surface area contributed by atoms with Crippen molar-refractivity contribution in [2.24, 2.45) is 0 Å². The molecule has 0 aliphatic carbocycles. The third-order valence-corrected chi connectivity index (χ3v) is 8.13. The lowest BCUT2D eigenvalue weighted by Crippen LogP contribution is -2.43. The summed E-state index contributed by atoms with van der Waals surface area (Å²) in [6.07, 6.45) is 0. The number of benzene rings is 1. The minimum absolute atomic E-state index is 0.158. The molecule has 0 unspecified atom stereocenters. The van der Waals surface area contributed by atoms with E-state index < -0.39 is 8.32 Å². The van der Waals surface area contributed by atoms with Crippen molar-refractivity contribution < 1.29 is 4.43 Å². The van der Waals surface area contributed by atoms with E-state index >= 15 is 0 Å². The monoisotopic (exact) mass is 271 g/mol. The predicted molar refractivity (Wildman–Crippen MR) is 78.4 cm³/mol. The van der Waals surface area contributed by atoms with Crippen LogP contribution in [0.4, 0.5) is 5.69 Å². The summed E-state index contributed by atoms with van der Waals surface area (Å²) in [4.78, 5) is 0. The van der Waals surface area contributed by atoms with Crippen LogP contribution in [0.2, 0.25) is 23.2 Å². The molecule has 0 fully saturated rings. The third kappa shape index (κ3) is 3.17. The van der Waals surface area contributed by atoms with Crippen LogP contribution < -0.4 is 10.2 Å². The van der Waals surface area contributed by atoms with E-state index in [0.29, 0.717) is 10.7 Å². The van der Waals surface area contributed by atoms with Crippen LogP contribution >= 0.6 is 11.6 Å². The van der Waals surface area contributed by atoms with Crippen LogP contribution in [-0.2, 0) is 0 Å². The van der Waals surface area contributed by atoms with Gasteiger partial charge in [-0.15, -0.1) is 0 Å². The molecule has 0 aliphatic heterocycles. The molecule has 0 aliphatic rings. The van der Waals surface area contributed by atoms with Crippen molar-refractivity contribution >= 4 is 25.6 Å². The molecule has 1 aromatic carbocycles. The predicted octanol–water partition coefficient (Wildman–Crippen LogP) is 4.61. The Balaban J connectivity index is 3.08. The van der Waals surface area contributed by atoms with E-state index in [2.05, 4.69) is 33.9 Å². The average Bonchev–Trinajstić information content (AvgIpc) is 2.12. The zero-order valence-electron chi connectivity index (χ0n) is 11.5. The van der Waals surface area contributed by atoms with E-state index in [1.807, 2.05) is 13.0 Å². The summed E-state index contributed by atoms with van der Waals surface area (Å²) in [5.41, 5.74) is 7.52. The number of anilines is 1. The molecule has 2 N–H and O–H groups in total. The summed E-state index contributed by atoms with van der Waals surface area (Å²) in [6, 6.07) is 3.69. The molecular weight excluding hydrogens is 250 g/mol. The number of hydrogen-bond acceptors (Lipinski definition) is 2. The second-order valence-electron chi connectivity index (χ2n) is 6.00. The lowest BCUT2D eigenvalue weighted by atomic mass is 10.2. The van der Waals surface area contributed by atoms with Crippen molar-refractivity contribution in [3.8, 4) is 5.75 Å². The molecule has 96 valence electrons. The van der Waals surface area contributed by atoms with Crippen molar-refractivity contribution in [1.82, 2.24) is 0 Å². The van der Waals surface area contributed by atoms with Crippen molar-refractivity contribution in [3.05, 3.63) is 22.7 Å².